The highest BCUT2D eigenvalue weighted by molar-refractivity contribution is 7.89. The van der Waals surface area contributed by atoms with Crippen LogP contribution in [0.1, 0.15) is 24.2 Å². The van der Waals surface area contributed by atoms with E-state index in [2.05, 4.69) is 0 Å². The molecule has 2 N–H and O–H groups in total. The Hall–Kier alpha value is -1.68. The molecule has 0 radical (unpaired) electrons. The molecule has 1 saturated heterocycles. The third-order valence-electron chi connectivity index (χ3n) is 4.56. The van der Waals surface area contributed by atoms with Crippen LogP contribution in [0.4, 0.5) is 0 Å². The summed E-state index contributed by atoms with van der Waals surface area (Å²) in [4.78, 5) is 14.4. The Bertz CT molecular complexity index is 773. The minimum Gasteiger partial charge on any atom is -0.495 e. The van der Waals surface area contributed by atoms with Gasteiger partial charge in [0, 0.05) is 32.2 Å². The number of rotatable bonds is 7. The molecule has 1 amide bonds. The van der Waals surface area contributed by atoms with Gasteiger partial charge in [-0.1, -0.05) is 13.8 Å². The highest BCUT2D eigenvalue weighted by Crippen LogP contribution is 2.29. The van der Waals surface area contributed by atoms with E-state index in [0.29, 0.717) is 26.3 Å². The summed E-state index contributed by atoms with van der Waals surface area (Å²) in [6.07, 6.45) is 0. The van der Waals surface area contributed by atoms with Crippen LogP contribution < -0.4 is 10.5 Å². The Morgan fingerprint density at radius 3 is 2.52 bits per heavy atom. The van der Waals surface area contributed by atoms with Crippen molar-refractivity contribution in [2.45, 2.75) is 18.7 Å². The number of nitrogens with zero attached hydrogens (tertiary/aromatic N) is 2. The van der Waals surface area contributed by atoms with Crippen molar-refractivity contribution in [2.24, 2.45) is 11.1 Å². The minimum absolute atomic E-state index is 0.00997. The lowest BCUT2D eigenvalue weighted by molar-refractivity contribution is 0.0728. The summed E-state index contributed by atoms with van der Waals surface area (Å²) in [5.74, 6) is -0.0550. The van der Waals surface area contributed by atoms with Crippen LogP contribution in [0.25, 0.3) is 0 Å². The van der Waals surface area contributed by atoms with Gasteiger partial charge in [-0.05, 0) is 30.2 Å². The molecule has 0 unspecified atom stereocenters. The van der Waals surface area contributed by atoms with Crippen LogP contribution in [0.5, 0.6) is 5.75 Å². The van der Waals surface area contributed by atoms with E-state index in [1.54, 1.807) is 18.0 Å². The van der Waals surface area contributed by atoms with E-state index in [1.807, 2.05) is 13.8 Å². The highest BCUT2D eigenvalue weighted by atomic mass is 32.2. The first-order valence-electron chi connectivity index (χ1n) is 8.84. The summed E-state index contributed by atoms with van der Waals surface area (Å²) >= 11 is 0. The topological polar surface area (TPSA) is 102 Å². The zero-order valence-electron chi connectivity index (χ0n) is 16.4. The number of carbonyl (C=O) groups is 1. The van der Waals surface area contributed by atoms with Crippen molar-refractivity contribution in [3.63, 3.8) is 0 Å². The van der Waals surface area contributed by atoms with Gasteiger partial charge >= 0.3 is 0 Å². The summed E-state index contributed by atoms with van der Waals surface area (Å²) in [7, 11) is -0.700. The van der Waals surface area contributed by atoms with E-state index in [4.69, 9.17) is 15.2 Å². The Morgan fingerprint density at radius 2 is 1.96 bits per heavy atom. The predicted molar refractivity (Wildman–Crippen MR) is 102 cm³/mol. The molecule has 1 heterocycles. The number of sulfonamides is 1. The van der Waals surface area contributed by atoms with E-state index in [9.17, 15) is 13.2 Å². The number of amides is 1. The molecule has 152 valence electrons. The lowest BCUT2D eigenvalue weighted by Gasteiger charge is -2.29. The van der Waals surface area contributed by atoms with E-state index >= 15 is 0 Å². The quantitative estimate of drug-likeness (QED) is 0.727. The number of hydrogen-bond acceptors (Lipinski definition) is 6. The smallest absolute Gasteiger partial charge is 0.253 e. The van der Waals surface area contributed by atoms with Gasteiger partial charge in [0.15, 0.2) is 0 Å². The fourth-order valence-electron chi connectivity index (χ4n) is 2.94. The van der Waals surface area contributed by atoms with Crippen molar-refractivity contribution in [3.8, 4) is 5.75 Å². The van der Waals surface area contributed by atoms with Crippen LogP contribution in [-0.2, 0) is 14.8 Å². The normalized spacial score (nSPS) is 16.2. The molecule has 1 aliphatic heterocycles. The molecule has 8 nitrogen and oxygen atoms in total. The molecule has 9 heteroatoms. The summed E-state index contributed by atoms with van der Waals surface area (Å²) < 4.78 is 37.9. The lowest BCUT2D eigenvalue weighted by atomic mass is 9.93. The van der Waals surface area contributed by atoms with Crippen molar-refractivity contribution < 1.29 is 22.7 Å². The molecule has 0 spiro atoms. The zero-order chi connectivity index (χ0) is 20.2. The molecule has 2 rings (SSSR count). The summed E-state index contributed by atoms with van der Waals surface area (Å²) in [5.41, 5.74) is 5.80. The maximum Gasteiger partial charge on any atom is 0.253 e. The third kappa shape index (κ3) is 4.98. The van der Waals surface area contributed by atoms with Crippen molar-refractivity contribution in [3.05, 3.63) is 23.8 Å². The van der Waals surface area contributed by atoms with Crippen molar-refractivity contribution in [1.29, 1.82) is 0 Å². The Labute approximate surface area is 161 Å². The average molecular weight is 400 g/mol. The Morgan fingerprint density at radius 1 is 1.33 bits per heavy atom. The van der Waals surface area contributed by atoms with Gasteiger partial charge in [-0.2, -0.15) is 4.31 Å². The average Bonchev–Trinajstić information content (AvgIpc) is 2.67. The summed E-state index contributed by atoms with van der Waals surface area (Å²) in [6, 6.07) is 4.48. The van der Waals surface area contributed by atoms with E-state index in [0.717, 1.165) is 0 Å². The molecule has 1 aliphatic rings. The zero-order valence-corrected chi connectivity index (χ0v) is 17.2. The van der Waals surface area contributed by atoms with Crippen LogP contribution in [-0.4, -0.2) is 77.1 Å². The van der Waals surface area contributed by atoms with Crippen LogP contribution in [0, 0.1) is 5.41 Å². The standard InChI is InChI=1S/C18H29N3O5S/c1-18(2,12-19)13-20(3)17(22)14-5-6-15(25-4)16(11-14)27(23,24)21-7-9-26-10-8-21/h5-6,11H,7-10,12-13,19H2,1-4H3. The second-order valence-corrected chi connectivity index (χ2v) is 9.32. The molecular formula is C18H29N3O5S. The molecule has 0 bridgehead atoms. The Kier molecular flexibility index (Phi) is 6.85. The molecule has 0 atom stereocenters. The molecule has 0 aromatic heterocycles. The lowest BCUT2D eigenvalue weighted by Crippen LogP contribution is -2.41. The van der Waals surface area contributed by atoms with E-state index in [1.165, 1.54) is 23.5 Å². The molecule has 1 aromatic carbocycles. The van der Waals surface area contributed by atoms with Crippen molar-refractivity contribution in [2.75, 3.05) is 53.6 Å². The van der Waals surface area contributed by atoms with Gasteiger partial charge in [-0.3, -0.25) is 4.79 Å². The van der Waals surface area contributed by atoms with Gasteiger partial charge < -0.3 is 20.1 Å². The second kappa shape index (κ2) is 8.55. The maximum absolute atomic E-state index is 13.0. The van der Waals surface area contributed by atoms with Gasteiger partial charge in [-0.15, -0.1) is 0 Å². The number of benzene rings is 1. The van der Waals surface area contributed by atoms with Crippen molar-refractivity contribution in [1.82, 2.24) is 9.21 Å². The van der Waals surface area contributed by atoms with E-state index < -0.39 is 10.0 Å². The highest BCUT2D eigenvalue weighted by Gasteiger charge is 2.31. The molecular weight excluding hydrogens is 370 g/mol. The van der Waals surface area contributed by atoms with E-state index in [-0.39, 0.29) is 40.6 Å². The third-order valence-corrected chi connectivity index (χ3v) is 6.48. The molecule has 1 aromatic rings. The van der Waals surface area contributed by atoms with Crippen LogP contribution in [0.3, 0.4) is 0 Å². The largest absolute Gasteiger partial charge is 0.495 e. The molecule has 0 saturated carbocycles. The fraction of sp³-hybridized carbons (Fsp3) is 0.611. The number of nitrogens with two attached hydrogens (primary N) is 1. The van der Waals surface area contributed by atoms with Gasteiger partial charge in [0.25, 0.3) is 5.91 Å². The predicted octanol–water partition coefficient (Wildman–Crippen LogP) is 0.773. The van der Waals surface area contributed by atoms with Gasteiger partial charge in [-0.25, -0.2) is 8.42 Å². The van der Waals surface area contributed by atoms with Crippen LogP contribution >= 0.6 is 0 Å². The molecule has 1 fully saturated rings. The number of carbonyl (C=O) groups excluding carboxylic acids is 1. The van der Waals surface area contributed by atoms with Crippen LogP contribution in [0.15, 0.2) is 23.1 Å². The van der Waals surface area contributed by atoms with Crippen molar-refractivity contribution >= 4 is 15.9 Å². The maximum atomic E-state index is 13.0. The van der Waals surface area contributed by atoms with Gasteiger partial charge in [0.1, 0.15) is 10.6 Å². The Balaban J connectivity index is 2.35. The molecule has 27 heavy (non-hydrogen) atoms. The fourth-order valence-corrected chi connectivity index (χ4v) is 4.53. The van der Waals surface area contributed by atoms with Gasteiger partial charge in [0.2, 0.25) is 10.0 Å². The number of methoxy groups -OCH3 is 1. The molecule has 0 aliphatic carbocycles. The number of morpholine rings is 1. The summed E-state index contributed by atoms with van der Waals surface area (Å²) in [5, 5.41) is 0. The SMILES string of the molecule is COc1ccc(C(=O)N(C)CC(C)(C)CN)cc1S(=O)(=O)N1CCOCC1. The number of ether oxygens (including phenoxy) is 2. The monoisotopic (exact) mass is 399 g/mol. The van der Waals surface area contributed by atoms with Crippen LogP contribution in [0.2, 0.25) is 0 Å². The number of hydrogen-bond donors (Lipinski definition) is 1. The minimum atomic E-state index is -3.79. The van der Waals surface area contributed by atoms with Gasteiger partial charge in [0.05, 0.1) is 20.3 Å². The second-order valence-electron chi connectivity index (χ2n) is 7.41. The first kappa shape index (κ1) is 21.6. The first-order chi connectivity index (χ1) is 12.6. The first-order valence-corrected chi connectivity index (χ1v) is 10.3. The summed E-state index contributed by atoms with van der Waals surface area (Å²) in [6.45, 7) is 6.07.